The van der Waals surface area contributed by atoms with Crippen molar-refractivity contribution in [1.29, 1.82) is 0 Å². The fourth-order valence-electron chi connectivity index (χ4n) is 4.04. The first-order valence-electron chi connectivity index (χ1n) is 9.60. The number of nitrogens with zero attached hydrogens (tertiary/aromatic N) is 1. The molecule has 0 saturated carbocycles. The van der Waals surface area contributed by atoms with E-state index in [0.717, 1.165) is 5.75 Å². The lowest BCUT2D eigenvalue weighted by Gasteiger charge is -2.49. The van der Waals surface area contributed by atoms with Gasteiger partial charge in [0, 0.05) is 12.0 Å². The van der Waals surface area contributed by atoms with Gasteiger partial charge in [-0.3, -0.25) is 4.79 Å². The Morgan fingerprint density at radius 1 is 1.04 bits per heavy atom. The molecule has 1 amide bonds. The zero-order chi connectivity index (χ0) is 19.8. The maximum atomic E-state index is 12.6. The van der Waals surface area contributed by atoms with Gasteiger partial charge in [-0.2, -0.15) is 5.48 Å². The van der Waals surface area contributed by atoms with E-state index in [2.05, 4.69) is 74.8 Å². The number of carbonyl (C=O) groups is 1. The smallest absolute Gasteiger partial charge is 0.287 e. The summed E-state index contributed by atoms with van der Waals surface area (Å²) in [6, 6.07) is 20.6. The van der Waals surface area contributed by atoms with Crippen LogP contribution in [0.25, 0.3) is 0 Å². The quantitative estimate of drug-likeness (QED) is 0.468. The van der Waals surface area contributed by atoms with Crippen molar-refractivity contribution in [2.75, 3.05) is 5.75 Å². The van der Waals surface area contributed by atoms with Crippen LogP contribution in [0, 0.1) is 0 Å². The molecular formula is C22H26N2O2SSi. The predicted octanol–water partition coefficient (Wildman–Crippen LogP) is 2.87. The van der Waals surface area contributed by atoms with E-state index >= 15 is 0 Å². The molecule has 0 aromatic heterocycles. The van der Waals surface area contributed by atoms with E-state index in [1.807, 2.05) is 24.4 Å². The van der Waals surface area contributed by atoms with Crippen LogP contribution in [0.5, 0.6) is 0 Å². The number of amides is 1. The number of thioether (sulfide) groups is 1. The third-order valence-corrected chi connectivity index (χ3v) is 11.5. The summed E-state index contributed by atoms with van der Waals surface area (Å²) in [5.41, 5.74) is 3.23. The monoisotopic (exact) mass is 410 g/mol. The van der Waals surface area contributed by atoms with Crippen molar-refractivity contribution in [3.05, 3.63) is 72.9 Å². The summed E-state index contributed by atoms with van der Waals surface area (Å²) < 4.78 is 6.69. The number of hydrogen-bond donors (Lipinski definition) is 1. The lowest BCUT2D eigenvalue weighted by molar-refractivity contribution is -0.145. The van der Waals surface area contributed by atoms with Crippen molar-refractivity contribution < 1.29 is 9.32 Å². The lowest BCUT2D eigenvalue weighted by Crippen LogP contribution is -2.73. The van der Waals surface area contributed by atoms with Crippen LogP contribution in [0.2, 0.25) is 5.04 Å². The predicted molar refractivity (Wildman–Crippen MR) is 118 cm³/mol. The van der Waals surface area contributed by atoms with Gasteiger partial charge in [0.2, 0.25) is 5.91 Å². The molecule has 2 aromatic carbocycles. The Labute approximate surface area is 172 Å². The summed E-state index contributed by atoms with van der Waals surface area (Å²) in [5, 5.41) is 2.37. The van der Waals surface area contributed by atoms with Crippen molar-refractivity contribution in [2.45, 2.75) is 37.2 Å². The minimum Gasteiger partial charge on any atom is -0.333 e. The summed E-state index contributed by atoms with van der Waals surface area (Å²) in [6.45, 7) is 6.69. The van der Waals surface area contributed by atoms with Gasteiger partial charge in [0.15, 0.2) is 0 Å². The van der Waals surface area contributed by atoms with Gasteiger partial charge in [-0.25, -0.2) is 0 Å². The van der Waals surface area contributed by atoms with Crippen LogP contribution < -0.4 is 15.9 Å². The number of carbonyl (C=O) groups excluding carboxylic acids is 1. The minimum atomic E-state index is -2.69. The molecule has 0 radical (unpaired) electrons. The molecule has 2 heterocycles. The topological polar surface area (TPSA) is 41.6 Å². The SMILES string of the molecule is CC(C)(C)[Si](ONC1C(=O)N2C=CCS[C@H]12)(c1ccccc1)c1ccccc1. The second kappa shape index (κ2) is 7.52. The first-order valence-corrected chi connectivity index (χ1v) is 12.6. The number of fused-ring (bicyclic) bond motifs is 1. The Morgan fingerprint density at radius 3 is 2.14 bits per heavy atom. The molecule has 1 fully saturated rings. The van der Waals surface area contributed by atoms with Gasteiger partial charge in [0.25, 0.3) is 8.32 Å². The Kier molecular flexibility index (Phi) is 5.22. The molecule has 2 aromatic rings. The van der Waals surface area contributed by atoms with E-state index in [-0.39, 0.29) is 22.4 Å². The zero-order valence-electron chi connectivity index (χ0n) is 16.5. The molecule has 1 unspecified atom stereocenters. The van der Waals surface area contributed by atoms with Crippen molar-refractivity contribution in [3.8, 4) is 0 Å². The average molecular weight is 411 g/mol. The van der Waals surface area contributed by atoms with Crippen molar-refractivity contribution in [3.63, 3.8) is 0 Å². The van der Waals surface area contributed by atoms with E-state index in [4.69, 9.17) is 4.53 Å². The van der Waals surface area contributed by atoms with Crippen LogP contribution >= 0.6 is 11.8 Å². The summed E-state index contributed by atoms with van der Waals surface area (Å²) in [5.74, 6) is 0.998. The largest absolute Gasteiger partial charge is 0.333 e. The fourth-order valence-corrected chi connectivity index (χ4v) is 9.37. The highest BCUT2D eigenvalue weighted by Crippen LogP contribution is 2.38. The average Bonchev–Trinajstić information content (AvgIpc) is 2.71. The first kappa shape index (κ1) is 19.5. The maximum Gasteiger partial charge on any atom is 0.287 e. The number of hydrogen-bond acceptors (Lipinski definition) is 4. The Bertz CT molecular complexity index is 828. The summed E-state index contributed by atoms with van der Waals surface area (Å²) in [6.07, 6.45) is 3.92. The number of β-lactam (4-membered cyclic amide) rings is 1. The molecule has 1 N–H and O–H groups in total. The number of nitrogens with one attached hydrogen (secondary N) is 1. The Balaban J connectivity index is 1.71. The molecule has 2 atom stereocenters. The molecule has 2 aliphatic rings. The lowest BCUT2D eigenvalue weighted by atomic mass is 10.1. The molecule has 1 saturated heterocycles. The minimum absolute atomic E-state index is 0.0754. The maximum absolute atomic E-state index is 12.6. The molecular weight excluding hydrogens is 384 g/mol. The van der Waals surface area contributed by atoms with Crippen LogP contribution in [-0.4, -0.2) is 36.3 Å². The van der Waals surface area contributed by atoms with E-state index in [1.165, 1.54) is 10.4 Å². The van der Waals surface area contributed by atoms with Crippen molar-refractivity contribution in [2.24, 2.45) is 0 Å². The molecule has 0 aliphatic carbocycles. The van der Waals surface area contributed by atoms with Gasteiger partial charge < -0.3 is 9.43 Å². The van der Waals surface area contributed by atoms with E-state index in [1.54, 1.807) is 16.7 Å². The molecule has 2 aliphatic heterocycles. The van der Waals surface area contributed by atoms with Crippen LogP contribution in [0.3, 0.4) is 0 Å². The van der Waals surface area contributed by atoms with Crippen LogP contribution in [0.4, 0.5) is 0 Å². The summed E-state index contributed by atoms with van der Waals surface area (Å²) >= 11 is 1.77. The summed E-state index contributed by atoms with van der Waals surface area (Å²) in [7, 11) is -2.69. The van der Waals surface area contributed by atoms with E-state index in [9.17, 15) is 4.79 Å². The molecule has 0 spiro atoms. The van der Waals surface area contributed by atoms with Crippen LogP contribution in [0.15, 0.2) is 72.9 Å². The highest BCUT2D eigenvalue weighted by atomic mass is 32.2. The molecule has 0 bridgehead atoms. The molecule has 28 heavy (non-hydrogen) atoms. The highest BCUT2D eigenvalue weighted by molar-refractivity contribution is 8.00. The molecule has 146 valence electrons. The molecule has 4 rings (SSSR count). The van der Waals surface area contributed by atoms with Gasteiger partial charge >= 0.3 is 0 Å². The normalized spacial score (nSPS) is 22.0. The number of rotatable bonds is 5. The Hall–Kier alpha value is -1.86. The second-order valence-electron chi connectivity index (χ2n) is 8.21. The van der Waals surface area contributed by atoms with Crippen LogP contribution in [-0.2, 0) is 9.32 Å². The Morgan fingerprint density at radius 2 is 1.61 bits per heavy atom. The molecule has 6 heteroatoms. The highest BCUT2D eigenvalue weighted by Gasteiger charge is 2.54. The van der Waals surface area contributed by atoms with Crippen LogP contribution in [0.1, 0.15) is 20.8 Å². The standard InChI is InChI=1S/C22H26N2O2SSi/c1-22(2,3)28(17-11-6-4-7-12-17,18-13-8-5-9-14-18)26-23-19-20(25)24-15-10-16-27-21(19)24/h4-15,19,21,23H,16H2,1-3H3/t19?,21-/m1/s1. The zero-order valence-corrected chi connectivity index (χ0v) is 18.3. The van der Waals surface area contributed by atoms with Gasteiger partial charge in [0.1, 0.15) is 11.4 Å². The van der Waals surface area contributed by atoms with E-state index < -0.39 is 8.32 Å². The number of benzene rings is 2. The van der Waals surface area contributed by atoms with E-state index in [0.29, 0.717) is 0 Å². The van der Waals surface area contributed by atoms with Crippen molar-refractivity contribution in [1.82, 2.24) is 10.4 Å². The fraction of sp³-hybridized carbons (Fsp3) is 0.318. The van der Waals surface area contributed by atoms with Gasteiger partial charge in [-0.15, -0.1) is 11.8 Å². The molecule has 4 nitrogen and oxygen atoms in total. The van der Waals surface area contributed by atoms with Gasteiger partial charge in [0.05, 0.1) is 0 Å². The first-order chi connectivity index (χ1) is 13.4. The van der Waals surface area contributed by atoms with Crippen molar-refractivity contribution >= 4 is 36.4 Å². The third kappa shape index (κ3) is 3.14. The second-order valence-corrected chi connectivity index (χ2v) is 13.6. The summed E-state index contributed by atoms with van der Waals surface area (Å²) in [4.78, 5) is 14.4. The van der Waals surface area contributed by atoms with Gasteiger partial charge in [-0.1, -0.05) is 87.5 Å². The number of hydroxylamine groups is 1. The third-order valence-electron chi connectivity index (χ3n) is 5.46. The van der Waals surface area contributed by atoms with Gasteiger partial charge in [-0.05, 0) is 15.4 Å².